The molecule has 0 amide bonds. The molecule has 1 aromatic rings. The number of rotatable bonds is 8. The Labute approximate surface area is 115 Å². The van der Waals surface area contributed by atoms with Crippen LogP contribution in [0.1, 0.15) is 56.3 Å². The van der Waals surface area contributed by atoms with E-state index in [0.29, 0.717) is 6.04 Å². The summed E-state index contributed by atoms with van der Waals surface area (Å²) in [6.07, 6.45) is 3.15. The van der Waals surface area contributed by atoms with Gasteiger partial charge in [0, 0.05) is 34.4 Å². The highest BCUT2D eigenvalue weighted by Crippen LogP contribution is 2.28. The third-order valence-electron chi connectivity index (χ3n) is 4.08. The van der Waals surface area contributed by atoms with E-state index in [4.69, 9.17) is 0 Å². The van der Waals surface area contributed by atoms with Crippen LogP contribution in [0.4, 0.5) is 0 Å². The molecule has 0 bridgehead atoms. The Hall–Kier alpha value is -0.380. The molecule has 0 aromatic carbocycles. The predicted octanol–water partition coefficient (Wildman–Crippen LogP) is 3.76. The molecule has 1 atom stereocenters. The second-order valence-electron chi connectivity index (χ2n) is 5.13. The number of thiophene rings is 1. The van der Waals surface area contributed by atoms with Crippen molar-refractivity contribution in [1.82, 2.24) is 5.32 Å². The van der Waals surface area contributed by atoms with Crippen molar-refractivity contribution >= 4 is 11.3 Å². The molecule has 1 unspecified atom stereocenters. The largest absolute Gasteiger partial charge is 0.396 e. The Bertz CT molecular complexity index is 336. The minimum Gasteiger partial charge on any atom is -0.396 e. The van der Waals surface area contributed by atoms with Crippen molar-refractivity contribution in [2.45, 2.75) is 53.0 Å². The molecule has 1 rings (SSSR count). The molecule has 0 aliphatic carbocycles. The zero-order chi connectivity index (χ0) is 13.6. The maximum atomic E-state index is 9.56. The summed E-state index contributed by atoms with van der Waals surface area (Å²) in [7, 11) is 0. The summed E-state index contributed by atoms with van der Waals surface area (Å²) in [4.78, 5) is 2.84. The van der Waals surface area contributed by atoms with Crippen LogP contribution in [0.15, 0.2) is 12.1 Å². The molecule has 3 heteroatoms. The van der Waals surface area contributed by atoms with E-state index < -0.39 is 0 Å². The van der Waals surface area contributed by atoms with Crippen LogP contribution in [0.25, 0.3) is 0 Å². The molecule has 0 aliphatic rings. The Balaban J connectivity index is 2.56. The van der Waals surface area contributed by atoms with E-state index in [1.54, 1.807) is 0 Å². The smallest absolute Gasteiger partial charge is 0.0499 e. The Morgan fingerprint density at radius 2 is 1.94 bits per heavy atom. The SMILES string of the molecule is CCc1ccc(C(C)NCC(CC)(CC)CO)s1. The molecular weight excluding hydrogens is 242 g/mol. The molecule has 0 fully saturated rings. The fraction of sp³-hybridized carbons (Fsp3) is 0.733. The molecule has 0 radical (unpaired) electrons. The van der Waals surface area contributed by atoms with Crippen LogP contribution in [-0.2, 0) is 6.42 Å². The molecule has 1 aromatic heterocycles. The van der Waals surface area contributed by atoms with Gasteiger partial charge in [0.2, 0.25) is 0 Å². The molecule has 104 valence electrons. The standard InChI is InChI=1S/C15H27NOS/c1-5-13-8-9-14(18-13)12(4)16-10-15(6-2,7-3)11-17/h8-9,12,16-17H,5-7,10-11H2,1-4H3. The predicted molar refractivity (Wildman–Crippen MR) is 80.2 cm³/mol. The number of aliphatic hydroxyl groups is 1. The maximum Gasteiger partial charge on any atom is 0.0499 e. The average molecular weight is 269 g/mol. The number of hydrogen-bond donors (Lipinski definition) is 2. The van der Waals surface area contributed by atoms with E-state index in [2.05, 4.69) is 45.1 Å². The van der Waals surface area contributed by atoms with Gasteiger partial charge in [0.15, 0.2) is 0 Å². The molecule has 2 N–H and O–H groups in total. The van der Waals surface area contributed by atoms with Crippen LogP contribution in [-0.4, -0.2) is 18.3 Å². The summed E-state index contributed by atoms with van der Waals surface area (Å²) in [6, 6.07) is 4.82. The van der Waals surface area contributed by atoms with Crippen molar-refractivity contribution in [1.29, 1.82) is 0 Å². The summed E-state index contributed by atoms with van der Waals surface area (Å²) >= 11 is 1.89. The lowest BCUT2D eigenvalue weighted by Gasteiger charge is -2.31. The molecule has 1 heterocycles. The van der Waals surface area contributed by atoms with Gasteiger partial charge >= 0.3 is 0 Å². The Morgan fingerprint density at radius 1 is 1.28 bits per heavy atom. The van der Waals surface area contributed by atoms with Crippen molar-refractivity contribution in [2.24, 2.45) is 5.41 Å². The van der Waals surface area contributed by atoms with Crippen molar-refractivity contribution in [3.05, 3.63) is 21.9 Å². The molecule has 0 aliphatic heterocycles. The quantitative estimate of drug-likeness (QED) is 0.753. The van der Waals surface area contributed by atoms with Gasteiger partial charge < -0.3 is 10.4 Å². The van der Waals surface area contributed by atoms with Crippen molar-refractivity contribution in [3.63, 3.8) is 0 Å². The van der Waals surface area contributed by atoms with Gasteiger partial charge in [-0.25, -0.2) is 0 Å². The van der Waals surface area contributed by atoms with Gasteiger partial charge in [-0.1, -0.05) is 20.8 Å². The van der Waals surface area contributed by atoms with Crippen LogP contribution in [0.5, 0.6) is 0 Å². The lowest BCUT2D eigenvalue weighted by atomic mass is 9.83. The summed E-state index contributed by atoms with van der Waals surface area (Å²) in [6.45, 7) is 9.87. The highest BCUT2D eigenvalue weighted by Gasteiger charge is 2.25. The minimum absolute atomic E-state index is 0.0408. The van der Waals surface area contributed by atoms with Crippen molar-refractivity contribution in [3.8, 4) is 0 Å². The van der Waals surface area contributed by atoms with E-state index in [1.165, 1.54) is 9.75 Å². The fourth-order valence-corrected chi connectivity index (χ4v) is 3.05. The van der Waals surface area contributed by atoms with Gasteiger partial charge in [-0.3, -0.25) is 0 Å². The van der Waals surface area contributed by atoms with Crippen LogP contribution in [0.2, 0.25) is 0 Å². The van der Waals surface area contributed by atoms with Crippen LogP contribution < -0.4 is 5.32 Å². The average Bonchev–Trinajstić information content (AvgIpc) is 2.89. The molecule has 18 heavy (non-hydrogen) atoms. The number of nitrogens with one attached hydrogen (secondary N) is 1. The zero-order valence-corrected chi connectivity index (χ0v) is 12.9. The van der Waals surface area contributed by atoms with Crippen LogP contribution in [0, 0.1) is 5.41 Å². The monoisotopic (exact) mass is 269 g/mol. The number of aryl methyl sites for hydroxylation is 1. The van der Waals surface area contributed by atoms with Gasteiger partial charge in [0.05, 0.1) is 0 Å². The second-order valence-corrected chi connectivity index (χ2v) is 6.33. The second kappa shape index (κ2) is 7.27. The fourth-order valence-electron chi connectivity index (χ4n) is 2.07. The molecule has 0 saturated carbocycles. The maximum absolute atomic E-state index is 9.56. The van der Waals surface area contributed by atoms with Gasteiger partial charge in [-0.2, -0.15) is 0 Å². The first kappa shape index (κ1) is 15.7. The summed E-state index contributed by atoms with van der Waals surface area (Å²) in [5, 5.41) is 13.1. The van der Waals surface area contributed by atoms with E-state index >= 15 is 0 Å². The van der Waals surface area contributed by atoms with Crippen molar-refractivity contribution < 1.29 is 5.11 Å². The topological polar surface area (TPSA) is 32.3 Å². The van der Waals surface area contributed by atoms with Crippen LogP contribution >= 0.6 is 11.3 Å². The first-order valence-corrected chi connectivity index (χ1v) is 7.85. The summed E-state index contributed by atoms with van der Waals surface area (Å²) in [5.74, 6) is 0. The van der Waals surface area contributed by atoms with E-state index in [9.17, 15) is 5.11 Å². The van der Waals surface area contributed by atoms with Gasteiger partial charge in [0.25, 0.3) is 0 Å². The highest BCUT2D eigenvalue weighted by molar-refractivity contribution is 7.12. The molecule has 2 nitrogen and oxygen atoms in total. The number of aliphatic hydroxyl groups excluding tert-OH is 1. The van der Waals surface area contributed by atoms with E-state index in [1.807, 2.05) is 11.3 Å². The minimum atomic E-state index is 0.0408. The van der Waals surface area contributed by atoms with Crippen LogP contribution in [0.3, 0.4) is 0 Å². The first-order chi connectivity index (χ1) is 8.60. The first-order valence-electron chi connectivity index (χ1n) is 7.03. The molecular formula is C15H27NOS. The van der Waals surface area contributed by atoms with Crippen molar-refractivity contribution in [2.75, 3.05) is 13.2 Å². The Morgan fingerprint density at radius 3 is 2.39 bits per heavy atom. The summed E-state index contributed by atoms with van der Waals surface area (Å²) < 4.78 is 0. The third-order valence-corrected chi connectivity index (χ3v) is 5.49. The zero-order valence-electron chi connectivity index (χ0n) is 12.1. The lowest BCUT2D eigenvalue weighted by molar-refractivity contribution is 0.110. The van der Waals surface area contributed by atoms with Gasteiger partial charge in [0.1, 0.15) is 0 Å². The summed E-state index contributed by atoms with van der Waals surface area (Å²) in [5.41, 5.74) is 0.0408. The normalized spacial score (nSPS) is 13.8. The Kier molecular flexibility index (Phi) is 6.33. The lowest BCUT2D eigenvalue weighted by Crippen LogP contribution is -2.37. The van der Waals surface area contributed by atoms with Gasteiger partial charge in [-0.05, 0) is 38.3 Å². The molecule has 0 spiro atoms. The van der Waals surface area contributed by atoms with E-state index in [0.717, 1.165) is 25.8 Å². The third kappa shape index (κ3) is 3.81. The van der Waals surface area contributed by atoms with Gasteiger partial charge in [-0.15, -0.1) is 11.3 Å². The molecule has 0 saturated heterocycles. The highest BCUT2D eigenvalue weighted by atomic mass is 32.1. The number of hydrogen-bond acceptors (Lipinski definition) is 3. The van der Waals surface area contributed by atoms with E-state index in [-0.39, 0.29) is 12.0 Å².